The van der Waals surface area contributed by atoms with Gasteiger partial charge in [-0.2, -0.15) is 9.97 Å². The number of benzene rings is 2. The highest BCUT2D eigenvalue weighted by Crippen LogP contribution is 2.51. The summed E-state index contributed by atoms with van der Waals surface area (Å²) in [6, 6.07) is 6.68. The minimum atomic E-state index is -1.61. The summed E-state index contributed by atoms with van der Waals surface area (Å²) in [5.41, 5.74) is 0. The fourth-order valence-corrected chi connectivity index (χ4v) is 3.81. The molecule has 0 saturated heterocycles. The van der Waals surface area contributed by atoms with Gasteiger partial charge in [0.2, 0.25) is 11.5 Å². The maximum absolute atomic E-state index is 12.9. The van der Waals surface area contributed by atoms with Crippen LogP contribution in [-0.2, 0) is 16.0 Å². The Balaban J connectivity index is 2.29. The SMILES string of the molecule is CCOc1c(OC)c(OC)c(OC(C)=O)c2ccc([S+]([O-])c3ncccn3)cc12. The molecule has 0 amide bonds. The number of aromatic nitrogens is 2. The van der Waals surface area contributed by atoms with Gasteiger partial charge in [-0.05, 0) is 25.1 Å². The number of esters is 1. The molecule has 1 heterocycles. The Labute approximate surface area is 171 Å². The Morgan fingerprint density at radius 3 is 2.28 bits per heavy atom. The minimum Gasteiger partial charge on any atom is -0.604 e. The third-order valence-corrected chi connectivity index (χ3v) is 5.19. The lowest BCUT2D eigenvalue weighted by Gasteiger charge is -2.20. The van der Waals surface area contributed by atoms with Gasteiger partial charge in [-0.15, -0.1) is 0 Å². The molecule has 1 aromatic heterocycles. The number of hydrogen-bond donors (Lipinski definition) is 0. The molecule has 0 bridgehead atoms. The van der Waals surface area contributed by atoms with E-state index in [2.05, 4.69) is 9.97 Å². The largest absolute Gasteiger partial charge is 0.604 e. The Bertz CT molecular complexity index is 1030. The normalized spacial score (nSPS) is 11.8. The average molecular weight is 416 g/mol. The molecule has 1 atom stereocenters. The van der Waals surface area contributed by atoms with E-state index >= 15 is 0 Å². The molecular weight excluding hydrogens is 396 g/mol. The number of ether oxygens (including phenoxy) is 4. The Hall–Kier alpha value is -3.04. The highest BCUT2D eigenvalue weighted by molar-refractivity contribution is 7.91. The quantitative estimate of drug-likeness (QED) is 0.250. The molecule has 2 aromatic carbocycles. The second-order valence-corrected chi connectivity index (χ2v) is 7.13. The van der Waals surface area contributed by atoms with Gasteiger partial charge in [-0.1, -0.05) is 0 Å². The smallest absolute Gasteiger partial charge is 0.348 e. The van der Waals surface area contributed by atoms with E-state index in [9.17, 15) is 9.35 Å². The molecule has 0 radical (unpaired) electrons. The summed E-state index contributed by atoms with van der Waals surface area (Å²) in [7, 11) is 2.91. The second-order valence-electron chi connectivity index (χ2n) is 5.76. The third-order valence-electron chi connectivity index (χ3n) is 3.96. The summed E-state index contributed by atoms with van der Waals surface area (Å²) < 4.78 is 35.1. The van der Waals surface area contributed by atoms with E-state index in [1.54, 1.807) is 24.3 Å². The van der Waals surface area contributed by atoms with Gasteiger partial charge in [-0.25, -0.2) is 0 Å². The first-order chi connectivity index (χ1) is 14.0. The van der Waals surface area contributed by atoms with Crippen LogP contribution in [0.1, 0.15) is 13.8 Å². The number of carbonyl (C=O) groups excluding carboxylic acids is 1. The van der Waals surface area contributed by atoms with Gasteiger partial charge in [0, 0.05) is 36.2 Å². The van der Waals surface area contributed by atoms with Crippen LogP contribution < -0.4 is 18.9 Å². The van der Waals surface area contributed by atoms with Gasteiger partial charge in [0.15, 0.2) is 16.4 Å². The zero-order valence-electron chi connectivity index (χ0n) is 16.4. The monoisotopic (exact) mass is 416 g/mol. The predicted molar refractivity (Wildman–Crippen MR) is 106 cm³/mol. The molecule has 0 N–H and O–H groups in total. The van der Waals surface area contributed by atoms with E-state index in [0.717, 1.165) is 0 Å². The van der Waals surface area contributed by atoms with Crippen molar-refractivity contribution in [1.29, 1.82) is 0 Å². The van der Waals surface area contributed by atoms with Gasteiger partial charge < -0.3 is 23.5 Å². The average Bonchev–Trinajstić information content (AvgIpc) is 2.74. The van der Waals surface area contributed by atoms with E-state index in [0.29, 0.717) is 28.0 Å². The summed E-state index contributed by atoms with van der Waals surface area (Å²) in [4.78, 5) is 20.3. The molecule has 0 aliphatic rings. The summed E-state index contributed by atoms with van der Waals surface area (Å²) in [6.07, 6.45) is 3.05. The molecule has 0 fully saturated rings. The minimum absolute atomic E-state index is 0.186. The van der Waals surface area contributed by atoms with Gasteiger partial charge in [0.25, 0.3) is 0 Å². The molecule has 9 heteroatoms. The van der Waals surface area contributed by atoms with Crippen molar-refractivity contribution < 1.29 is 28.3 Å². The van der Waals surface area contributed by atoms with Crippen LogP contribution in [0.25, 0.3) is 10.8 Å². The molecule has 1 unspecified atom stereocenters. The summed E-state index contributed by atoms with van der Waals surface area (Å²) in [5, 5.41) is 1.30. The van der Waals surface area contributed by atoms with Gasteiger partial charge in [0.1, 0.15) is 0 Å². The van der Waals surface area contributed by atoms with Crippen LogP contribution in [0.2, 0.25) is 0 Å². The summed E-state index contributed by atoms with van der Waals surface area (Å²) in [6.45, 7) is 3.48. The Kier molecular flexibility index (Phi) is 6.40. The molecule has 0 spiro atoms. The van der Waals surface area contributed by atoms with E-state index < -0.39 is 17.1 Å². The first kappa shape index (κ1) is 20.7. The molecule has 3 rings (SSSR count). The lowest BCUT2D eigenvalue weighted by Crippen LogP contribution is -2.08. The van der Waals surface area contributed by atoms with Crippen LogP contribution in [0, 0.1) is 0 Å². The van der Waals surface area contributed by atoms with Crippen molar-refractivity contribution in [1.82, 2.24) is 9.97 Å². The number of methoxy groups -OCH3 is 2. The zero-order chi connectivity index (χ0) is 21.0. The van der Waals surface area contributed by atoms with Crippen LogP contribution in [0.3, 0.4) is 0 Å². The highest BCUT2D eigenvalue weighted by atomic mass is 32.2. The van der Waals surface area contributed by atoms with Crippen molar-refractivity contribution in [3.05, 3.63) is 36.7 Å². The second kappa shape index (κ2) is 8.97. The van der Waals surface area contributed by atoms with Gasteiger partial charge in [-0.3, -0.25) is 4.79 Å². The maximum Gasteiger partial charge on any atom is 0.348 e. The molecule has 0 aliphatic heterocycles. The molecule has 3 aromatic rings. The van der Waals surface area contributed by atoms with Crippen molar-refractivity contribution in [2.45, 2.75) is 23.9 Å². The van der Waals surface area contributed by atoms with Crippen molar-refractivity contribution in [3.8, 4) is 23.0 Å². The Morgan fingerprint density at radius 2 is 1.69 bits per heavy atom. The lowest BCUT2D eigenvalue weighted by molar-refractivity contribution is -0.131. The fraction of sp³-hybridized carbons (Fsp3) is 0.250. The zero-order valence-corrected chi connectivity index (χ0v) is 17.2. The number of hydrogen-bond acceptors (Lipinski definition) is 8. The van der Waals surface area contributed by atoms with E-state index in [1.807, 2.05) is 6.92 Å². The molecule has 29 heavy (non-hydrogen) atoms. The summed E-state index contributed by atoms with van der Waals surface area (Å²) >= 11 is -1.61. The molecule has 0 aliphatic carbocycles. The lowest BCUT2D eigenvalue weighted by atomic mass is 10.1. The topological polar surface area (TPSA) is 103 Å². The van der Waals surface area contributed by atoms with Crippen molar-refractivity contribution >= 4 is 27.9 Å². The first-order valence-corrected chi connectivity index (χ1v) is 9.88. The fourth-order valence-electron chi connectivity index (χ4n) is 2.87. The third kappa shape index (κ3) is 4.06. The number of carbonyl (C=O) groups is 1. The van der Waals surface area contributed by atoms with Crippen molar-refractivity contribution in [2.24, 2.45) is 0 Å². The first-order valence-electron chi connectivity index (χ1n) is 8.73. The van der Waals surface area contributed by atoms with E-state index in [-0.39, 0.29) is 22.4 Å². The van der Waals surface area contributed by atoms with E-state index in [1.165, 1.54) is 33.5 Å². The van der Waals surface area contributed by atoms with Gasteiger partial charge >= 0.3 is 11.1 Å². The Morgan fingerprint density at radius 1 is 1.03 bits per heavy atom. The van der Waals surface area contributed by atoms with E-state index in [4.69, 9.17) is 18.9 Å². The van der Waals surface area contributed by atoms with Crippen molar-refractivity contribution in [3.63, 3.8) is 0 Å². The van der Waals surface area contributed by atoms with Crippen LogP contribution in [0.5, 0.6) is 23.0 Å². The number of nitrogens with zero attached hydrogens (tertiary/aromatic N) is 2. The van der Waals surface area contributed by atoms with Gasteiger partial charge in [0.05, 0.1) is 32.0 Å². The van der Waals surface area contributed by atoms with Crippen LogP contribution >= 0.6 is 0 Å². The maximum atomic E-state index is 12.9. The van der Waals surface area contributed by atoms with Crippen molar-refractivity contribution in [2.75, 3.05) is 20.8 Å². The molecule has 8 nitrogen and oxygen atoms in total. The predicted octanol–water partition coefficient (Wildman–Crippen LogP) is 3.14. The summed E-state index contributed by atoms with van der Waals surface area (Å²) in [5.74, 6) is 0.589. The van der Waals surface area contributed by atoms with Crippen LogP contribution in [0.4, 0.5) is 0 Å². The molecule has 152 valence electrons. The standard InChI is InChI=1S/C20H20N2O6S/c1-5-27-16-15-11-13(29(24)20-21-9-6-10-22-20)7-8-14(15)17(28-12(2)23)19(26-4)18(16)25-3/h6-11H,5H2,1-4H3. The number of rotatable bonds is 7. The highest BCUT2D eigenvalue weighted by Gasteiger charge is 2.27. The molecule has 0 saturated carbocycles. The molecular formula is C20H20N2O6S. The van der Waals surface area contributed by atoms with Crippen LogP contribution in [0.15, 0.2) is 46.7 Å². The van der Waals surface area contributed by atoms with Crippen LogP contribution in [-0.4, -0.2) is 41.3 Å². The number of fused-ring (bicyclic) bond motifs is 1.